The zero-order chi connectivity index (χ0) is 32.1. The van der Waals surface area contributed by atoms with Gasteiger partial charge in [-0.25, -0.2) is 14.4 Å². The maximum absolute atomic E-state index is 12.5. The lowest BCUT2D eigenvalue weighted by Crippen LogP contribution is -2.46. The maximum Gasteiger partial charge on any atom is 0.500 e. The van der Waals surface area contributed by atoms with E-state index in [9.17, 15) is 19.5 Å². The number of hydrogen-bond donors (Lipinski definition) is 3. The third-order valence-corrected chi connectivity index (χ3v) is 11.9. The summed E-state index contributed by atoms with van der Waals surface area (Å²) in [5, 5.41) is 14.6. The molecule has 0 fully saturated rings. The van der Waals surface area contributed by atoms with Crippen LogP contribution in [0.4, 0.5) is 9.59 Å². The third kappa shape index (κ3) is 14.2. The SMILES string of the molecule is CCO[Si](CCCNC(=O)Oc1ccc(C(=O)O)cc1OC(=O)NCCC[Si](OCC)(OCC)OCC)(OCC)OCC. The van der Waals surface area contributed by atoms with Crippen LogP contribution in [0.1, 0.15) is 64.7 Å². The van der Waals surface area contributed by atoms with E-state index in [0.717, 1.165) is 6.07 Å². The van der Waals surface area contributed by atoms with E-state index in [0.29, 0.717) is 64.6 Å². The van der Waals surface area contributed by atoms with Gasteiger partial charge in [-0.15, -0.1) is 0 Å². The predicted octanol–water partition coefficient (Wildman–Crippen LogP) is 4.44. The Kier molecular flexibility index (Phi) is 18.9. The van der Waals surface area contributed by atoms with Gasteiger partial charge in [-0.05, 0) is 72.6 Å². The molecule has 1 aromatic rings. The van der Waals surface area contributed by atoms with Crippen molar-refractivity contribution in [2.75, 3.05) is 52.7 Å². The molecule has 0 atom stereocenters. The standard InChI is InChI=1S/C27H48N2O12Si2/c1-7-34-42(35-8-2,36-9-3)19-13-17-28-26(32)40-23-16-15-22(25(30)31)21-24(23)41-27(33)29-18-14-20-43(37-10-4,38-11-5)39-12-6/h15-16,21H,7-14,17-20H2,1-6H3,(H,28,32)(H,29,33)(H,30,31). The molecular formula is C27H48N2O12Si2. The average Bonchev–Trinajstić information content (AvgIpc) is 2.95. The van der Waals surface area contributed by atoms with E-state index >= 15 is 0 Å². The van der Waals surface area contributed by atoms with Gasteiger partial charge in [0.2, 0.25) is 0 Å². The summed E-state index contributed by atoms with van der Waals surface area (Å²) < 4.78 is 45.5. The topological polar surface area (TPSA) is 169 Å². The van der Waals surface area contributed by atoms with Crippen LogP contribution in [0, 0.1) is 0 Å². The molecule has 16 heteroatoms. The number of carboxylic acid groups (broad SMARTS) is 1. The van der Waals surface area contributed by atoms with E-state index in [2.05, 4.69) is 10.6 Å². The molecule has 2 amide bonds. The molecule has 0 aliphatic rings. The lowest BCUT2D eigenvalue weighted by Gasteiger charge is -2.28. The highest BCUT2D eigenvalue weighted by atomic mass is 28.4. The fourth-order valence-electron chi connectivity index (χ4n) is 4.07. The van der Waals surface area contributed by atoms with Gasteiger partial charge in [0.1, 0.15) is 0 Å². The van der Waals surface area contributed by atoms with Crippen molar-refractivity contribution < 1.29 is 55.5 Å². The van der Waals surface area contributed by atoms with Gasteiger partial charge in [-0.2, -0.15) is 0 Å². The van der Waals surface area contributed by atoms with Crippen molar-refractivity contribution >= 4 is 35.8 Å². The second-order valence-corrected chi connectivity index (χ2v) is 14.2. The van der Waals surface area contributed by atoms with Crippen molar-refractivity contribution in [3.8, 4) is 11.5 Å². The average molecular weight is 649 g/mol. The zero-order valence-electron chi connectivity index (χ0n) is 26.2. The van der Waals surface area contributed by atoms with E-state index in [4.69, 9.17) is 36.0 Å². The number of ether oxygens (including phenoxy) is 2. The Hall–Kier alpha value is -2.58. The van der Waals surface area contributed by atoms with Gasteiger partial charge >= 0.3 is 35.8 Å². The minimum Gasteiger partial charge on any atom is -0.478 e. The van der Waals surface area contributed by atoms with E-state index in [1.165, 1.54) is 12.1 Å². The van der Waals surface area contributed by atoms with Crippen LogP contribution in [0.15, 0.2) is 18.2 Å². The summed E-state index contributed by atoms with van der Waals surface area (Å²) in [5.74, 6) is -1.60. The number of carbonyl (C=O) groups is 3. The van der Waals surface area contributed by atoms with Gasteiger partial charge < -0.3 is 51.8 Å². The Labute approximate surface area is 256 Å². The van der Waals surface area contributed by atoms with E-state index < -0.39 is 35.8 Å². The predicted molar refractivity (Wildman–Crippen MR) is 162 cm³/mol. The monoisotopic (exact) mass is 648 g/mol. The fraction of sp³-hybridized carbons (Fsp3) is 0.667. The Morgan fingerprint density at radius 1 is 0.628 bits per heavy atom. The number of hydrogen-bond acceptors (Lipinski definition) is 11. The minimum atomic E-state index is -2.87. The molecule has 1 aromatic carbocycles. The van der Waals surface area contributed by atoms with E-state index in [1.807, 2.05) is 41.5 Å². The highest BCUT2D eigenvalue weighted by Crippen LogP contribution is 2.29. The molecule has 43 heavy (non-hydrogen) atoms. The molecule has 0 aliphatic carbocycles. The first-order chi connectivity index (χ1) is 20.6. The highest BCUT2D eigenvalue weighted by molar-refractivity contribution is 6.61. The van der Waals surface area contributed by atoms with Crippen LogP contribution in [0.25, 0.3) is 0 Å². The molecule has 246 valence electrons. The van der Waals surface area contributed by atoms with Crippen molar-refractivity contribution in [2.45, 2.75) is 66.5 Å². The van der Waals surface area contributed by atoms with Crippen molar-refractivity contribution in [2.24, 2.45) is 0 Å². The van der Waals surface area contributed by atoms with Gasteiger partial charge in [-0.1, -0.05) is 0 Å². The summed E-state index contributed by atoms with van der Waals surface area (Å²) in [6.07, 6.45) is -0.671. The van der Waals surface area contributed by atoms with Gasteiger partial charge in [0.05, 0.1) is 5.56 Å². The maximum atomic E-state index is 12.5. The largest absolute Gasteiger partial charge is 0.500 e. The lowest BCUT2D eigenvalue weighted by atomic mass is 10.2. The van der Waals surface area contributed by atoms with Crippen LogP contribution >= 0.6 is 0 Å². The van der Waals surface area contributed by atoms with Gasteiger partial charge in [0.25, 0.3) is 0 Å². The highest BCUT2D eigenvalue weighted by Gasteiger charge is 2.40. The van der Waals surface area contributed by atoms with E-state index in [-0.39, 0.29) is 30.2 Å². The van der Waals surface area contributed by atoms with Crippen molar-refractivity contribution in [3.63, 3.8) is 0 Å². The van der Waals surface area contributed by atoms with Crippen molar-refractivity contribution in [1.29, 1.82) is 0 Å². The molecule has 0 saturated heterocycles. The van der Waals surface area contributed by atoms with Gasteiger partial charge in [0, 0.05) is 64.8 Å². The molecule has 1 rings (SSSR count). The Morgan fingerprint density at radius 3 is 1.35 bits per heavy atom. The molecule has 0 aromatic heterocycles. The van der Waals surface area contributed by atoms with Crippen LogP contribution in [0.3, 0.4) is 0 Å². The molecule has 0 aliphatic heterocycles. The number of rotatable bonds is 23. The first kappa shape index (κ1) is 38.4. The number of carbonyl (C=O) groups excluding carboxylic acids is 2. The van der Waals surface area contributed by atoms with Gasteiger partial charge in [-0.3, -0.25) is 0 Å². The van der Waals surface area contributed by atoms with E-state index in [1.54, 1.807) is 0 Å². The lowest BCUT2D eigenvalue weighted by molar-refractivity contribution is 0.0690. The van der Waals surface area contributed by atoms with Crippen LogP contribution in [0.2, 0.25) is 12.1 Å². The summed E-state index contributed by atoms with van der Waals surface area (Å²) in [4.78, 5) is 36.6. The molecule has 0 unspecified atom stereocenters. The number of aromatic carboxylic acids is 1. The molecule has 0 heterocycles. The summed E-state index contributed by atoms with van der Waals surface area (Å²) in [7, 11) is -5.72. The fourth-order valence-corrected chi connectivity index (χ4v) is 9.29. The summed E-state index contributed by atoms with van der Waals surface area (Å²) in [5.41, 5.74) is -0.152. The molecule has 0 saturated carbocycles. The van der Waals surface area contributed by atoms with Crippen LogP contribution < -0.4 is 20.1 Å². The van der Waals surface area contributed by atoms with Crippen LogP contribution in [0.5, 0.6) is 11.5 Å². The van der Waals surface area contributed by atoms with Crippen LogP contribution in [-0.2, 0) is 26.6 Å². The smallest absolute Gasteiger partial charge is 0.478 e. The Balaban J connectivity index is 2.77. The number of nitrogens with one attached hydrogen (secondary N) is 2. The molecule has 14 nitrogen and oxygen atoms in total. The summed E-state index contributed by atoms with van der Waals surface area (Å²) in [6.45, 7) is 14.3. The number of benzene rings is 1. The third-order valence-electron chi connectivity index (χ3n) is 5.64. The number of carboxylic acids is 1. The summed E-state index contributed by atoms with van der Waals surface area (Å²) >= 11 is 0. The second-order valence-electron chi connectivity index (χ2n) is 8.77. The molecule has 0 spiro atoms. The molecule has 0 radical (unpaired) electrons. The van der Waals surface area contributed by atoms with Gasteiger partial charge in [0.15, 0.2) is 11.5 Å². The number of amides is 2. The minimum absolute atomic E-state index is 0.130. The first-order valence-corrected chi connectivity index (χ1v) is 18.6. The Morgan fingerprint density at radius 2 is 1.00 bits per heavy atom. The molecule has 0 bridgehead atoms. The van der Waals surface area contributed by atoms with Crippen LogP contribution in [-0.4, -0.2) is 93.6 Å². The first-order valence-electron chi connectivity index (χ1n) is 14.8. The van der Waals surface area contributed by atoms with Crippen molar-refractivity contribution in [1.82, 2.24) is 10.6 Å². The van der Waals surface area contributed by atoms with Crippen molar-refractivity contribution in [3.05, 3.63) is 23.8 Å². The molecular weight excluding hydrogens is 600 g/mol. The Bertz CT molecular complexity index is 951. The summed E-state index contributed by atoms with van der Waals surface area (Å²) in [6, 6.07) is 4.56. The molecule has 3 N–H and O–H groups in total. The zero-order valence-corrected chi connectivity index (χ0v) is 28.2. The second kappa shape index (κ2) is 21.2. The normalized spacial score (nSPS) is 11.7. The quantitative estimate of drug-likeness (QED) is 0.113.